The minimum absolute atomic E-state index is 0.446. The highest BCUT2D eigenvalue weighted by Gasteiger charge is 2.24. The highest BCUT2D eigenvalue weighted by Crippen LogP contribution is 2.38. The van der Waals surface area contributed by atoms with Gasteiger partial charge >= 0.3 is 0 Å². The molecule has 0 aliphatic carbocycles. The van der Waals surface area contributed by atoms with Crippen molar-refractivity contribution < 1.29 is 0 Å². The molecule has 3 aromatic rings. The van der Waals surface area contributed by atoms with E-state index in [1.807, 2.05) is 60.6 Å². The van der Waals surface area contributed by atoms with Gasteiger partial charge in [-0.05, 0) is 18.2 Å². The highest BCUT2D eigenvalue weighted by molar-refractivity contribution is 7.99. The molecule has 0 bridgehead atoms. The van der Waals surface area contributed by atoms with E-state index in [2.05, 4.69) is 22.8 Å². The van der Waals surface area contributed by atoms with E-state index in [0.29, 0.717) is 11.6 Å². The van der Waals surface area contributed by atoms with Crippen molar-refractivity contribution in [2.75, 3.05) is 11.5 Å². The molecule has 4 heteroatoms. The van der Waals surface area contributed by atoms with Gasteiger partial charge in [0, 0.05) is 22.9 Å². The van der Waals surface area contributed by atoms with Crippen LogP contribution < -0.4 is 0 Å². The lowest BCUT2D eigenvalue weighted by Gasteiger charge is -2.16. The summed E-state index contributed by atoms with van der Waals surface area (Å²) in [7, 11) is 0. The van der Waals surface area contributed by atoms with Crippen LogP contribution >= 0.6 is 11.8 Å². The zero-order chi connectivity index (χ0) is 16.4. The zero-order valence-corrected chi connectivity index (χ0v) is 14.0. The molecule has 24 heavy (non-hydrogen) atoms. The molecule has 1 atom stereocenters. The topological polar surface area (TPSA) is 41.6 Å². The van der Waals surface area contributed by atoms with Gasteiger partial charge in [0.05, 0.1) is 29.3 Å². The summed E-state index contributed by atoms with van der Waals surface area (Å²) in [6.07, 6.45) is 3.10. The first-order chi connectivity index (χ1) is 11.9. The second-order valence-electron chi connectivity index (χ2n) is 5.89. The fraction of sp³-hybridized carbons (Fsp3) is 0.200. The van der Waals surface area contributed by atoms with Crippen molar-refractivity contribution in [2.24, 2.45) is 0 Å². The molecule has 1 aliphatic heterocycles. The first kappa shape index (κ1) is 15.0. The summed E-state index contributed by atoms with van der Waals surface area (Å²) in [5.74, 6) is 2.29. The summed E-state index contributed by atoms with van der Waals surface area (Å²) in [5.41, 5.74) is 4.76. The van der Waals surface area contributed by atoms with Gasteiger partial charge in [-0.15, -0.1) is 0 Å². The molecule has 1 unspecified atom stereocenters. The number of hydrogen-bond acceptors (Lipinski definition) is 3. The van der Waals surface area contributed by atoms with E-state index in [-0.39, 0.29) is 0 Å². The molecule has 0 N–H and O–H groups in total. The fourth-order valence-corrected chi connectivity index (χ4v) is 4.45. The number of nitrogens with zero attached hydrogens (tertiary/aromatic N) is 3. The maximum absolute atomic E-state index is 9.55. The lowest BCUT2D eigenvalue weighted by molar-refractivity contribution is 0.565. The largest absolute Gasteiger partial charge is 0.326 e. The van der Waals surface area contributed by atoms with Crippen molar-refractivity contribution in [3.05, 3.63) is 66.5 Å². The number of hydrogen-bond donors (Lipinski definition) is 0. The Morgan fingerprint density at radius 2 is 1.88 bits per heavy atom. The van der Waals surface area contributed by atoms with Crippen LogP contribution in [0.25, 0.3) is 22.5 Å². The molecule has 0 amide bonds. The van der Waals surface area contributed by atoms with Crippen LogP contribution in [0.4, 0.5) is 0 Å². The van der Waals surface area contributed by atoms with Crippen LogP contribution in [0, 0.1) is 11.3 Å². The smallest absolute Gasteiger partial charge is 0.0998 e. The molecule has 0 radical (unpaired) electrons. The summed E-state index contributed by atoms with van der Waals surface area (Å²) in [6, 6.07) is 20.8. The van der Waals surface area contributed by atoms with Crippen molar-refractivity contribution >= 4 is 11.8 Å². The van der Waals surface area contributed by atoms with Crippen LogP contribution in [0.2, 0.25) is 0 Å². The van der Waals surface area contributed by atoms with E-state index in [9.17, 15) is 5.26 Å². The van der Waals surface area contributed by atoms with E-state index >= 15 is 0 Å². The summed E-state index contributed by atoms with van der Waals surface area (Å²) in [5, 5.41) is 9.55. The van der Waals surface area contributed by atoms with Gasteiger partial charge in [-0.3, -0.25) is 0 Å². The summed E-state index contributed by atoms with van der Waals surface area (Å²) < 4.78 is 2.28. The lowest BCUT2D eigenvalue weighted by atomic mass is 10.00. The second kappa shape index (κ2) is 6.54. The van der Waals surface area contributed by atoms with E-state index in [1.54, 1.807) is 0 Å². The van der Waals surface area contributed by atoms with E-state index in [0.717, 1.165) is 34.7 Å². The van der Waals surface area contributed by atoms with E-state index in [4.69, 9.17) is 4.98 Å². The fourth-order valence-electron chi connectivity index (χ4n) is 3.24. The third-order valence-electron chi connectivity index (χ3n) is 4.44. The number of benzene rings is 2. The number of thioether (sulfide) groups is 1. The molecule has 0 saturated carbocycles. The number of rotatable bonds is 3. The molecule has 3 nitrogen and oxygen atoms in total. The van der Waals surface area contributed by atoms with Gasteiger partial charge in [0.1, 0.15) is 0 Å². The Labute approximate surface area is 146 Å². The minimum Gasteiger partial charge on any atom is -0.326 e. The molecule has 2 aromatic carbocycles. The predicted octanol–water partition coefficient (Wildman–Crippen LogP) is 4.77. The van der Waals surface area contributed by atoms with Gasteiger partial charge in [-0.25, -0.2) is 4.98 Å². The highest BCUT2D eigenvalue weighted by atomic mass is 32.2. The summed E-state index contributed by atoms with van der Waals surface area (Å²) >= 11 is 1.98. The molecule has 1 fully saturated rings. The SMILES string of the molecule is N#Cc1ccccc1-c1c(-c2ccccc2)ncn1C1CCSC1. The Balaban J connectivity index is 1.95. The van der Waals surface area contributed by atoms with Gasteiger partial charge in [-0.2, -0.15) is 17.0 Å². The Hall–Kier alpha value is -2.51. The van der Waals surface area contributed by atoms with Gasteiger partial charge in [-0.1, -0.05) is 48.5 Å². The van der Waals surface area contributed by atoms with Crippen LogP contribution in [0.1, 0.15) is 18.0 Å². The zero-order valence-electron chi connectivity index (χ0n) is 13.2. The molecule has 1 aliphatic rings. The number of imidazole rings is 1. The van der Waals surface area contributed by atoms with Gasteiger partial charge in [0.15, 0.2) is 0 Å². The summed E-state index contributed by atoms with van der Waals surface area (Å²) in [4.78, 5) is 4.73. The number of aromatic nitrogens is 2. The second-order valence-corrected chi connectivity index (χ2v) is 7.04. The van der Waals surface area contributed by atoms with Gasteiger partial charge in [0.25, 0.3) is 0 Å². The maximum Gasteiger partial charge on any atom is 0.0998 e. The first-order valence-electron chi connectivity index (χ1n) is 8.08. The van der Waals surface area contributed by atoms with Gasteiger partial charge < -0.3 is 4.57 Å². The van der Waals surface area contributed by atoms with Crippen LogP contribution in [0.5, 0.6) is 0 Å². The van der Waals surface area contributed by atoms with Crippen molar-refractivity contribution in [2.45, 2.75) is 12.5 Å². The molecular formula is C20H17N3S. The molecule has 118 valence electrons. The maximum atomic E-state index is 9.55. The Morgan fingerprint density at radius 1 is 1.08 bits per heavy atom. The quantitative estimate of drug-likeness (QED) is 0.694. The Kier molecular flexibility index (Phi) is 4.10. The summed E-state index contributed by atoms with van der Waals surface area (Å²) in [6.45, 7) is 0. The third kappa shape index (κ3) is 2.61. The van der Waals surface area contributed by atoms with E-state index < -0.39 is 0 Å². The molecule has 1 saturated heterocycles. The minimum atomic E-state index is 0.446. The molecular weight excluding hydrogens is 314 g/mol. The molecule has 4 rings (SSSR count). The Morgan fingerprint density at radius 3 is 2.62 bits per heavy atom. The molecule has 1 aromatic heterocycles. The van der Waals surface area contributed by atoms with Crippen LogP contribution in [0.15, 0.2) is 60.9 Å². The van der Waals surface area contributed by atoms with E-state index in [1.165, 1.54) is 5.75 Å². The molecule has 0 spiro atoms. The van der Waals surface area contributed by atoms with Gasteiger partial charge in [0.2, 0.25) is 0 Å². The normalized spacial score (nSPS) is 16.9. The number of nitriles is 1. The predicted molar refractivity (Wildman–Crippen MR) is 98.8 cm³/mol. The average molecular weight is 331 g/mol. The van der Waals surface area contributed by atoms with Crippen molar-refractivity contribution in [1.82, 2.24) is 9.55 Å². The van der Waals surface area contributed by atoms with Crippen molar-refractivity contribution in [3.63, 3.8) is 0 Å². The monoisotopic (exact) mass is 331 g/mol. The van der Waals surface area contributed by atoms with Crippen molar-refractivity contribution in [3.8, 4) is 28.6 Å². The standard InChI is InChI=1S/C20H17N3S/c21-12-16-8-4-5-9-18(16)20-19(15-6-2-1-3-7-15)22-14-23(20)17-10-11-24-13-17/h1-9,14,17H,10-11,13H2. The van der Waals surface area contributed by atoms with Crippen LogP contribution in [0.3, 0.4) is 0 Å². The van der Waals surface area contributed by atoms with Crippen LogP contribution in [-0.4, -0.2) is 21.1 Å². The lowest BCUT2D eigenvalue weighted by Crippen LogP contribution is -2.08. The first-order valence-corrected chi connectivity index (χ1v) is 9.23. The average Bonchev–Trinajstić information content (AvgIpc) is 3.31. The van der Waals surface area contributed by atoms with Crippen molar-refractivity contribution in [1.29, 1.82) is 5.26 Å². The molecule has 2 heterocycles. The third-order valence-corrected chi connectivity index (χ3v) is 5.59. The Bertz CT molecular complexity index is 887. The van der Waals surface area contributed by atoms with Crippen LogP contribution in [-0.2, 0) is 0 Å².